The Morgan fingerprint density at radius 1 is 1.39 bits per heavy atom. The van der Waals surface area contributed by atoms with Crippen molar-refractivity contribution < 1.29 is 9.53 Å². The van der Waals surface area contributed by atoms with Crippen LogP contribution in [-0.4, -0.2) is 40.9 Å². The normalized spacial score (nSPS) is 17.8. The van der Waals surface area contributed by atoms with E-state index in [1.54, 1.807) is 5.38 Å². The minimum Gasteiger partial charge on any atom is -0.464 e. The molecular weight excluding hydrogens is 312 g/mol. The standard InChI is InChI=1S/C16H16N4O2S/c1-22-15(21)13-10-23-16(18-13)19-7-6-12(9-19)20-14-5-3-2-4-11(14)8-17-20/h2-5,8,10,12H,6-7,9H2,1H3. The fraction of sp³-hybridized carbons (Fsp3) is 0.312. The molecule has 23 heavy (non-hydrogen) atoms. The van der Waals surface area contributed by atoms with Gasteiger partial charge in [0.15, 0.2) is 10.8 Å². The van der Waals surface area contributed by atoms with Crippen molar-refractivity contribution in [2.24, 2.45) is 0 Å². The molecule has 6 nitrogen and oxygen atoms in total. The van der Waals surface area contributed by atoms with E-state index in [0.717, 1.165) is 35.5 Å². The Morgan fingerprint density at radius 2 is 2.26 bits per heavy atom. The van der Waals surface area contributed by atoms with Crippen molar-refractivity contribution in [1.82, 2.24) is 14.8 Å². The molecule has 3 heterocycles. The van der Waals surface area contributed by atoms with Crippen molar-refractivity contribution in [2.45, 2.75) is 12.5 Å². The first kappa shape index (κ1) is 14.2. The Labute approximate surface area is 137 Å². The van der Waals surface area contributed by atoms with Gasteiger partial charge in [0.05, 0.1) is 24.9 Å². The minimum absolute atomic E-state index is 0.320. The largest absolute Gasteiger partial charge is 0.464 e. The molecule has 0 N–H and O–H groups in total. The maximum atomic E-state index is 11.5. The van der Waals surface area contributed by atoms with Gasteiger partial charge in [-0.3, -0.25) is 4.68 Å². The predicted molar refractivity (Wildman–Crippen MR) is 89.1 cm³/mol. The molecule has 3 aromatic rings. The number of aromatic nitrogens is 3. The molecule has 0 bridgehead atoms. The second kappa shape index (κ2) is 5.66. The van der Waals surface area contributed by atoms with Crippen molar-refractivity contribution in [1.29, 1.82) is 0 Å². The maximum Gasteiger partial charge on any atom is 0.357 e. The lowest BCUT2D eigenvalue weighted by atomic mass is 10.2. The van der Waals surface area contributed by atoms with E-state index < -0.39 is 0 Å². The second-order valence-corrected chi connectivity index (χ2v) is 6.38. The topological polar surface area (TPSA) is 60.2 Å². The number of benzene rings is 1. The highest BCUT2D eigenvalue weighted by molar-refractivity contribution is 7.13. The van der Waals surface area contributed by atoms with Gasteiger partial charge in [-0.2, -0.15) is 5.10 Å². The van der Waals surface area contributed by atoms with Crippen molar-refractivity contribution in [3.8, 4) is 0 Å². The molecule has 1 aliphatic heterocycles. The molecule has 0 aliphatic carbocycles. The van der Waals surface area contributed by atoms with Crippen LogP contribution in [0.25, 0.3) is 10.9 Å². The summed E-state index contributed by atoms with van der Waals surface area (Å²) in [5.74, 6) is -0.388. The van der Waals surface area contributed by atoms with Crippen LogP contribution in [0.15, 0.2) is 35.8 Å². The van der Waals surface area contributed by atoms with E-state index in [1.165, 1.54) is 18.4 Å². The number of ether oxygens (including phenoxy) is 1. The average Bonchev–Trinajstić information content (AvgIpc) is 3.31. The number of anilines is 1. The molecule has 0 spiro atoms. The number of para-hydroxylation sites is 1. The van der Waals surface area contributed by atoms with Crippen LogP contribution in [-0.2, 0) is 4.74 Å². The molecule has 0 radical (unpaired) electrons. The summed E-state index contributed by atoms with van der Waals surface area (Å²) in [6, 6.07) is 8.56. The highest BCUT2D eigenvalue weighted by Crippen LogP contribution is 2.31. The van der Waals surface area contributed by atoms with Crippen LogP contribution in [0.2, 0.25) is 0 Å². The molecule has 0 saturated carbocycles. The van der Waals surface area contributed by atoms with Crippen LogP contribution in [0.5, 0.6) is 0 Å². The lowest BCUT2D eigenvalue weighted by Gasteiger charge is -2.15. The zero-order chi connectivity index (χ0) is 15.8. The molecule has 1 aliphatic rings. The van der Waals surface area contributed by atoms with Gasteiger partial charge in [0.25, 0.3) is 0 Å². The molecule has 4 rings (SSSR count). The molecule has 7 heteroatoms. The fourth-order valence-electron chi connectivity index (χ4n) is 3.01. The summed E-state index contributed by atoms with van der Waals surface area (Å²) < 4.78 is 6.81. The number of methoxy groups -OCH3 is 1. The molecule has 2 aromatic heterocycles. The molecule has 1 atom stereocenters. The van der Waals surface area contributed by atoms with Gasteiger partial charge in [-0.05, 0) is 12.5 Å². The minimum atomic E-state index is -0.388. The molecule has 118 valence electrons. The number of thiazole rings is 1. The van der Waals surface area contributed by atoms with Crippen LogP contribution in [0.3, 0.4) is 0 Å². The monoisotopic (exact) mass is 328 g/mol. The van der Waals surface area contributed by atoms with E-state index in [0.29, 0.717) is 11.7 Å². The first-order chi connectivity index (χ1) is 11.3. The number of carbonyl (C=O) groups is 1. The molecule has 1 unspecified atom stereocenters. The summed E-state index contributed by atoms with van der Waals surface area (Å²) in [6.07, 6.45) is 2.93. The lowest BCUT2D eigenvalue weighted by Crippen LogP contribution is -2.21. The number of hydrogen-bond donors (Lipinski definition) is 0. The third-order valence-corrected chi connectivity index (χ3v) is 5.07. The number of nitrogens with zero attached hydrogens (tertiary/aromatic N) is 4. The summed E-state index contributed by atoms with van der Waals surface area (Å²) >= 11 is 1.48. The molecule has 0 amide bonds. The van der Waals surface area contributed by atoms with Crippen LogP contribution >= 0.6 is 11.3 Å². The summed E-state index contributed by atoms with van der Waals surface area (Å²) in [5.41, 5.74) is 1.54. The van der Waals surface area contributed by atoms with Gasteiger partial charge in [-0.25, -0.2) is 9.78 Å². The van der Waals surface area contributed by atoms with Crippen LogP contribution in [0, 0.1) is 0 Å². The highest BCUT2D eigenvalue weighted by atomic mass is 32.1. The van der Waals surface area contributed by atoms with Crippen LogP contribution in [0.4, 0.5) is 5.13 Å². The van der Waals surface area contributed by atoms with Gasteiger partial charge < -0.3 is 9.64 Å². The zero-order valence-electron chi connectivity index (χ0n) is 12.7. The lowest BCUT2D eigenvalue weighted by molar-refractivity contribution is 0.0595. The van der Waals surface area contributed by atoms with Gasteiger partial charge in [0, 0.05) is 23.9 Å². The highest BCUT2D eigenvalue weighted by Gasteiger charge is 2.27. The van der Waals surface area contributed by atoms with Gasteiger partial charge in [-0.15, -0.1) is 11.3 Å². The van der Waals surface area contributed by atoms with E-state index in [-0.39, 0.29) is 5.97 Å². The van der Waals surface area contributed by atoms with Crippen LogP contribution < -0.4 is 4.90 Å². The second-order valence-electron chi connectivity index (χ2n) is 5.54. The summed E-state index contributed by atoms with van der Waals surface area (Å²) in [7, 11) is 1.37. The molecule has 1 aromatic carbocycles. The van der Waals surface area contributed by atoms with Crippen LogP contribution in [0.1, 0.15) is 23.0 Å². The molecule has 1 saturated heterocycles. The third kappa shape index (κ3) is 2.46. The summed E-state index contributed by atoms with van der Waals surface area (Å²) in [4.78, 5) is 18.1. The number of rotatable bonds is 3. The third-order valence-electron chi connectivity index (χ3n) is 4.17. The number of carbonyl (C=O) groups excluding carboxylic acids is 1. The van der Waals surface area contributed by atoms with Gasteiger partial charge in [0.2, 0.25) is 0 Å². The Bertz CT molecular complexity index is 857. The van der Waals surface area contributed by atoms with Crippen molar-refractivity contribution >= 4 is 33.3 Å². The van der Waals surface area contributed by atoms with Gasteiger partial charge in [-0.1, -0.05) is 18.2 Å². The van der Waals surface area contributed by atoms with Gasteiger partial charge in [0.1, 0.15) is 0 Å². The van der Waals surface area contributed by atoms with Crippen molar-refractivity contribution in [2.75, 3.05) is 25.1 Å². The quantitative estimate of drug-likeness (QED) is 0.692. The van der Waals surface area contributed by atoms with E-state index in [1.807, 2.05) is 18.3 Å². The molecular formula is C16H16N4O2S. The zero-order valence-corrected chi connectivity index (χ0v) is 13.5. The van der Waals surface area contributed by atoms with Crippen molar-refractivity contribution in [3.05, 3.63) is 41.5 Å². The van der Waals surface area contributed by atoms with Gasteiger partial charge >= 0.3 is 5.97 Å². The molecule has 1 fully saturated rings. The summed E-state index contributed by atoms with van der Waals surface area (Å²) in [6.45, 7) is 1.76. The first-order valence-electron chi connectivity index (χ1n) is 7.47. The summed E-state index contributed by atoms with van der Waals surface area (Å²) in [5, 5.41) is 8.32. The Hall–Kier alpha value is -2.41. The number of esters is 1. The van der Waals surface area contributed by atoms with E-state index in [4.69, 9.17) is 4.74 Å². The van der Waals surface area contributed by atoms with Crippen molar-refractivity contribution in [3.63, 3.8) is 0 Å². The average molecular weight is 328 g/mol. The first-order valence-corrected chi connectivity index (χ1v) is 8.35. The Balaban J connectivity index is 1.55. The van der Waals surface area contributed by atoms with E-state index >= 15 is 0 Å². The van der Waals surface area contributed by atoms with E-state index in [2.05, 4.69) is 31.8 Å². The smallest absolute Gasteiger partial charge is 0.357 e. The predicted octanol–water partition coefficient (Wildman–Crippen LogP) is 2.73. The number of hydrogen-bond acceptors (Lipinski definition) is 6. The SMILES string of the molecule is COC(=O)c1csc(N2CCC(n3ncc4ccccc43)C2)n1. The maximum absolute atomic E-state index is 11.5. The fourth-order valence-corrected chi connectivity index (χ4v) is 3.84. The number of fused-ring (bicyclic) bond motifs is 1. The Morgan fingerprint density at radius 3 is 3.13 bits per heavy atom. The van der Waals surface area contributed by atoms with E-state index in [9.17, 15) is 4.79 Å². The Kier molecular flexibility index (Phi) is 3.49.